The molecule has 0 aliphatic carbocycles. The maximum atomic E-state index is 9.50. The van der Waals surface area contributed by atoms with Crippen LogP contribution in [0.5, 0.6) is 5.75 Å². The molecule has 1 aromatic heterocycles. The Bertz CT molecular complexity index is 558. The lowest BCUT2D eigenvalue weighted by Gasteiger charge is -2.19. The third-order valence-corrected chi connectivity index (χ3v) is 3.39. The maximum Gasteiger partial charge on any atom is 0.127 e. The number of hydrogen-bond acceptors (Lipinski definition) is 3. The van der Waals surface area contributed by atoms with Crippen molar-refractivity contribution in [2.24, 2.45) is 0 Å². The van der Waals surface area contributed by atoms with Crippen LogP contribution in [0.15, 0.2) is 30.3 Å². The summed E-state index contributed by atoms with van der Waals surface area (Å²) in [5.41, 5.74) is 7.72. The molecule has 0 amide bonds. The number of phenolic OH excluding ortho intramolecular Hbond substituents is 1. The SMILES string of the molecule is CCC(C)(C)c1cc(N)n(-c2cccc(O)c2)n1. The number of nitrogen functional groups attached to an aromatic ring is 1. The summed E-state index contributed by atoms with van der Waals surface area (Å²) in [5.74, 6) is 0.788. The smallest absolute Gasteiger partial charge is 0.127 e. The summed E-state index contributed by atoms with van der Waals surface area (Å²) >= 11 is 0. The van der Waals surface area contributed by atoms with Crippen LogP contribution in [0.2, 0.25) is 0 Å². The van der Waals surface area contributed by atoms with Crippen LogP contribution >= 0.6 is 0 Å². The van der Waals surface area contributed by atoms with Gasteiger partial charge in [0.1, 0.15) is 11.6 Å². The lowest BCUT2D eigenvalue weighted by molar-refractivity contribution is 0.474. The topological polar surface area (TPSA) is 64.1 Å². The van der Waals surface area contributed by atoms with Crippen LogP contribution in [0.1, 0.15) is 32.9 Å². The van der Waals surface area contributed by atoms with E-state index in [4.69, 9.17) is 5.73 Å². The van der Waals surface area contributed by atoms with Gasteiger partial charge in [-0.25, -0.2) is 4.68 Å². The summed E-state index contributed by atoms with van der Waals surface area (Å²) in [6.07, 6.45) is 0.990. The zero-order valence-corrected chi connectivity index (χ0v) is 11.0. The van der Waals surface area contributed by atoms with Gasteiger partial charge in [-0.3, -0.25) is 0 Å². The highest BCUT2D eigenvalue weighted by atomic mass is 16.3. The molecule has 4 nitrogen and oxygen atoms in total. The largest absolute Gasteiger partial charge is 0.508 e. The second-order valence-electron chi connectivity index (χ2n) is 5.12. The Hall–Kier alpha value is -1.97. The molecule has 18 heavy (non-hydrogen) atoms. The normalized spacial score (nSPS) is 11.7. The van der Waals surface area contributed by atoms with E-state index in [1.54, 1.807) is 22.9 Å². The number of anilines is 1. The number of phenols is 1. The predicted octanol–water partition coefficient (Wildman–Crippen LogP) is 2.85. The fourth-order valence-corrected chi connectivity index (χ4v) is 1.74. The molecule has 1 aromatic carbocycles. The molecule has 4 heteroatoms. The lowest BCUT2D eigenvalue weighted by atomic mass is 9.87. The summed E-state index contributed by atoms with van der Waals surface area (Å²) < 4.78 is 1.66. The number of aromatic hydroxyl groups is 1. The van der Waals surface area contributed by atoms with Crippen LogP contribution in [0.4, 0.5) is 5.82 Å². The summed E-state index contributed by atoms with van der Waals surface area (Å²) in [4.78, 5) is 0. The molecule has 3 N–H and O–H groups in total. The highest BCUT2D eigenvalue weighted by Crippen LogP contribution is 2.28. The Balaban J connectivity index is 2.48. The van der Waals surface area contributed by atoms with Crippen molar-refractivity contribution in [1.82, 2.24) is 9.78 Å². The van der Waals surface area contributed by atoms with E-state index in [9.17, 15) is 5.11 Å². The van der Waals surface area contributed by atoms with Crippen LogP contribution in [0.3, 0.4) is 0 Å². The summed E-state index contributed by atoms with van der Waals surface area (Å²) in [6, 6.07) is 8.81. The lowest BCUT2D eigenvalue weighted by Crippen LogP contribution is -2.16. The van der Waals surface area contributed by atoms with Crippen molar-refractivity contribution in [1.29, 1.82) is 0 Å². The standard InChI is InChI=1S/C14H19N3O/c1-4-14(2,3)12-9-13(15)17(16-12)10-6-5-7-11(18)8-10/h5-9,18H,4,15H2,1-3H3. The number of nitrogens with two attached hydrogens (primary N) is 1. The summed E-state index contributed by atoms with van der Waals surface area (Å²) in [5, 5.41) is 14.0. The molecule has 96 valence electrons. The molecule has 0 saturated heterocycles. The Morgan fingerprint density at radius 3 is 2.67 bits per heavy atom. The minimum atomic E-state index is -0.00377. The van der Waals surface area contributed by atoms with Gasteiger partial charge in [-0.2, -0.15) is 5.10 Å². The Kier molecular flexibility index (Phi) is 3.03. The van der Waals surface area contributed by atoms with Gasteiger partial charge in [-0.15, -0.1) is 0 Å². The van der Waals surface area contributed by atoms with Gasteiger partial charge in [-0.05, 0) is 18.6 Å². The van der Waals surface area contributed by atoms with Crippen molar-refractivity contribution in [3.05, 3.63) is 36.0 Å². The van der Waals surface area contributed by atoms with Crippen LogP contribution in [-0.2, 0) is 5.41 Å². The van der Waals surface area contributed by atoms with Crippen molar-refractivity contribution in [3.63, 3.8) is 0 Å². The third kappa shape index (κ3) is 2.18. The molecule has 0 bridgehead atoms. The van der Waals surface area contributed by atoms with E-state index >= 15 is 0 Å². The van der Waals surface area contributed by atoms with Crippen molar-refractivity contribution in [2.75, 3.05) is 5.73 Å². The number of rotatable bonds is 3. The molecule has 2 rings (SSSR count). The molecule has 0 spiro atoms. The third-order valence-electron chi connectivity index (χ3n) is 3.39. The quantitative estimate of drug-likeness (QED) is 0.874. The van der Waals surface area contributed by atoms with Gasteiger partial charge in [0.25, 0.3) is 0 Å². The average Bonchev–Trinajstić information content (AvgIpc) is 2.72. The van der Waals surface area contributed by atoms with Gasteiger partial charge >= 0.3 is 0 Å². The molecule has 0 aliphatic heterocycles. The van der Waals surface area contributed by atoms with Crippen molar-refractivity contribution >= 4 is 5.82 Å². The van der Waals surface area contributed by atoms with Gasteiger partial charge < -0.3 is 10.8 Å². The van der Waals surface area contributed by atoms with Crippen molar-refractivity contribution < 1.29 is 5.11 Å². The zero-order chi connectivity index (χ0) is 13.3. The average molecular weight is 245 g/mol. The molecule has 2 aromatic rings. The highest BCUT2D eigenvalue weighted by Gasteiger charge is 2.22. The van der Waals surface area contributed by atoms with E-state index in [0.717, 1.165) is 17.8 Å². The van der Waals surface area contributed by atoms with Gasteiger partial charge in [0.2, 0.25) is 0 Å². The van der Waals surface area contributed by atoms with Crippen LogP contribution in [0.25, 0.3) is 5.69 Å². The number of hydrogen-bond donors (Lipinski definition) is 2. The van der Waals surface area contributed by atoms with Gasteiger partial charge in [0.05, 0.1) is 11.4 Å². The molecular formula is C14H19N3O. The Morgan fingerprint density at radius 2 is 2.06 bits per heavy atom. The second-order valence-corrected chi connectivity index (χ2v) is 5.12. The number of nitrogens with zero attached hydrogens (tertiary/aromatic N) is 2. The molecule has 0 unspecified atom stereocenters. The molecule has 1 heterocycles. The van der Waals surface area contributed by atoms with Crippen molar-refractivity contribution in [2.45, 2.75) is 32.6 Å². The van der Waals surface area contributed by atoms with Gasteiger partial charge in [-0.1, -0.05) is 26.8 Å². The highest BCUT2D eigenvalue weighted by molar-refractivity contribution is 5.46. The van der Waals surface area contributed by atoms with E-state index in [2.05, 4.69) is 25.9 Å². The first-order chi connectivity index (χ1) is 8.44. The monoisotopic (exact) mass is 245 g/mol. The van der Waals surface area contributed by atoms with Gasteiger partial charge in [0.15, 0.2) is 0 Å². The van der Waals surface area contributed by atoms with Crippen molar-refractivity contribution in [3.8, 4) is 11.4 Å². The first kappa shape index (κ1) is 12.5. The molecule has 0 atom stereocenters. The van der Waals surface area contributed by atoms with Crippen LogP contribution < -0.4 is 5.73 Å². The van der Waals surface area contributed by atoms with E-state index in [1.165, 1.54) is 0 Å². The molecule has 0 saturated carbocycles. The van der Waals surface area contributed by atoms with E-state index in [1.807, 2.05) is 12.1 Å². The van der Waals surface area contributed by atoms with Crippen LogP contribution in [0, 0.1) is 0 Å². The fraction of sp³-hybridized carbons (Fsp3) is 0.357. The number of aromatic nitrogens is 2. The van der Waals surface area contributed by atoms with E-state index in [-0.39, 0.29) is 11.2 Å². The first-order valence-electron chi connectivity index (χ1n) is 6.09. The minimum absolute atomic E-state index is 0.00377. The zero-order valence-electron chi connectivity index (χ0n) is 11.0. The maximum absolute atomic E-state index is 9.50. The molecule has 0 aliphatic rings. The molecular weight excluding hydrogens is 226 g/mol. The number of benzene rings is 1. The summed E-state index contributed by atoms with van der Waals surface area (Å²) in [6.45, 7) is 6.41. The fourth-order valence-electron chi connectivity index (χ4n) is 1.74. The van der Waals surface area contributed by atoms with E-state index in [0.29, 0.717) is 5.82 Å². The molecule has 0 fully saturated rings. The summed E-state index contributed by atoms with van der Waals surface area (Å²) in [7, 11) is 0. The second kappa shape index (κ2) is 4.37. The van der Waals surface area contributed by atoms with Crippen LogP contribution in [-0.4, -0.2) is 14.9 Å². The predicted molar refractivity (Wildman–Crippen MR) is 73.0 cm³/mol. The van der Waals surface area contributed by atoms with E-state index < -0.39 is 0 Å². The minimum Gasteiger partial charge on any atom is -0.508 e. The Labute approximate surface area is 107 Å². The Morgan fingerprint density at radius 1 is 1.33 bits per heavy atom. The molecule has 0 radical (unpaired) electrons. The first-order valence-corrected chi connectivity index (χ1v) is 6.09. The van der Waals surface area contributed by atoms with Gasteiger partial charge in [0, 0.05) is 17.5 Å².